The van der Waals surface area contributed by atoms with Gasteiger partial charge in [-0.25, -0.2) is 0 Å². The monoisotopic (exact) mass is 225 g/mol. The fourth-order valence-corrected chi connectivity index (χ4v) is 1.58. The molecule has 1 atom stereocenters. The van der Waals surface area contributed by atoms with Crippen LogP contribution in [0.5, 0.6) is 0 Å². The minimum Gasteiger partial charge on any atom is -0.381 e. The lowest BCUT2D eigenvalue weighted by atomic mass is 10.2. The predicted octanol–water partition coefficient (Wildman–Crippen LogP) is 1.45. The van der Waals surface area contributed by atoms with Gasteiger partial charge in [-0.1, -0.05) is 12.1 Å². The van der Waals surface area contributed by atoms with Crippen molar-refractivity contribution in [2.45, 2.75) is 38.6 Å². The second-order valence-electron chi connectivity index (χ2n) is 4.27. The third-order valence-electron chi connectivity index (χ3n) is 2.72. The summed E-state index contributed by atoms with van der Waals surface area (Å²) in [6, 6.07) is -0.0472. The molecule has 1 aliphatic rings. The van der Waals surface area contributed by atoms with E-state index in [1.54, 1.807) is 0 Å². The lowest BCUT2D eigenvalue weighted by Gasteiger charge is -2.01. The van der Waals surface area contributed by atoms with Crippen LogP contribution in [0.4, 0.5) is 0 Å². The largest absolute Gasteiger partial charge is 0.381 e. The number of rotatable bonds is 7. The first-order valence-electron chi connectivity index (χ1n) is 5.97. The smallest absolute Gasteiger partial charge is 0.229 e. The molecule has 0 aromatic carbocycles. The summed E-state index contributed by atoms with van der Waals surface area (Å²) in [5, 5.41) is 3.91. The van der Waals surface area contributed by atoms with E-state index in [-0.39, 0.29) is 6.04 Å². The summed E-state index contributed by atoms with van der Waals surface area (Å²) in [5.41, 5.74) is 5.97. The lowest BCUT2D eigenvalue weighted by Crippen LogP contribution is -2.14. The van der Waals surface area contributed by atoms with Crippen LogP contribution in [0.1, 0.15) is 43.9 Å². The van der Waals surface area contributed by atoms with Crippen LogP contribution in [0.2, 0.25) is 0 Å². The van der Waals surface area contributed by atoms with Gasteiger partial charge >= 0.3 is 0 Å². The Morgan fingerprint density at radius 3 is 3.00 bits per heavy atom. The highest BCUT2D eigenvalue weighted by Gasteiger charge is 2.32. The fourth-order valence-electron chi connectivity index (χ4n) is 1.58. The molecule has 5 nitrogen and oxygen atoms in total. The third-order valence-corrected chi connectivity index (χ3v) is 2.72. The maximum Gasteiger partial charge on any atom is 0.229 e. The van der Waals surface area contributed by atoms with E-state index >= 15 is 0 Å². The highest BCUT2D eigenvalue weighted by Crippen LogP contribution is 2.38. The molecule has 1 aromatic rings. The number of hydrogen-bond donors (Lipinski definition) is 1. The number of nitrogens with zero attached hydrogens (tertiary/aromatic N) is 2. The Balaban J connectivity index is 1.77. The zero-order chi connectivity index (χ0) is 11.4. The Morgan fingerprint density at radius 2 is 2.31 bits per heavy atom. The van der Waals surface area contributed by atoms with E-state index in [4.69, 9.17) is 15.0 Å². The molecular weight excluding hydrogens is 206 g/mol. The van der Waals surface area contributed by atoms with E-state index in [0.717, 1.165) is 13.0 Å². The summed E-state index contributed by atoms with van der Waals surface area (Å²) >= 11 is 0. The van der Waals surface area contributed by atoms with Gasteiger partial charge in [-0.15, -0.1) is 0 Å². The molecule has 1 aromatic heterocycles. The van der Waals surface area contributed by atoms with E-state index in [1.165, 1.54) is 12.8 Å². The van der Waals surface area contributed by atoms with Crippen molar-refractivity contribution in [2.75, 3.05) is 13.2 Å². The molecule has 0 aliphatic heterocycles. The summed E-state index contributed by atoms with van der Waals surface area (Å²) < 4.78 is 10.5. The second kappa shape index (κ2) is 5.41. The molecule has 0 bridgehead atoms. The molecule has 1 heterocycles. The van der Waals surface area contributed by atoms with Crippen LogP contribution in [0, 0.1) is 5.92 Å². The number of aromatic nitrogens is 2. The van der Waals surface area contributed by atoms with Crippen LogP contribution >= 0.6 is 0 Å². The summed E-state index contributed by atoms with van der Waals surface area (Å²) in [6.45, 7) is 3.50. The molecule has 2 rings (SSSR count). The molecule has 0 saturated heterocycles. The highest BCUT2D eigenvalue weighted by atomic mass is 16.5. The van der Waals surface area contributed by atoms with Gasteiger partial charge in [0.25, 0.3) is 0 Å². The first-order chi connectivity index (χ1) is 7.81. The lowest BCUT2D eigenvalue weighted by molar-refractivity contribution is 0.132. The molecule has 0 spiro atoms. The van der Waals surface area contributed by atoms with Gasteiger partial charge in [0, 0.05) is 6.61 Å². The fraction of sp³-hybridized carbons (Fsp3) is 0.818. The standard InChI is InChI=1S/C11H19N3O2/c1-2-6-15-7-5-9-13-11(14-16-9)10(12)8-3-4-8/h8,10H,2-7,12H2,1H3. The van der Waals surface area contributed by atoms with Gasteiger partial charge in [0.05, 0.1) is 19.1 Å². The molecule has 90 valence electrons. The molecule has 2 N–H and O–H groups in total. The van der Waals surface area contributed by atoms with Crippen molar-refractivity contribution in [3.05, 3.63) is 11.7 Å². The Kier molecular flexibility index (Phi) is 3.90. The molecule has 16 heavy (non-hydrogen) atoms. The zero-order valence-corrected chi connectivity index (χ0v) is 9.69. The predicted molar refractivity (Wildman–Crippen MR) is 58.8 cm³/mol. The molecule has 1 saturated carbocycles. The minimum absolute atomic E-state index is 0.0472. The maximum atomic E-state index is 5.97. The summed E-state index contributed by atoms with van der Waals surface area (Å²) in [7, 11) is 0. The highest BCUT2D eigenvalue weighted by molar-refractivity contribution is 4.99. The van der Waals surface area contributed by atoms with E-state index < -0.39 is 0 Å². The van der Waals surface area contributed by atoms with E-state index in [1.807, 2.05) is 0 Å². The van der Waals surface area contributed by atoms with Crippen molar-refractivity contribution in [1.82, 2.24) is 10.1 Å². The van der Waals surface area contributed by atoms with Gasteiger partial charge < -0.3 is 15.0 Å². The van der Waals surface area contributed by atoms with Crippen molar-refractivity contribution < 1.29 is 9.26 Å². The number of ether oxygens (including phenoxy) is 1. The van der Waals surface area contributed by atoms with Gasteiger partial charge in [-0.05, 0) is 25.2 Å². The zero-order valence-electron chi connectivity index (χ0n) is 9.69. The number of nitrogens with two attached hydrogens (primary N) is 1. The number of hydrogen-bond acceptors (Lipinski definition) is 5. The van der Waals surface area contributed by atoms with Gasteiger partial charge in [0.1, 0.15) is 0 Å². The van der Waals surface area contributed by atoms with Gasteiger partial charge in [-0.2, -0.15) is 4.98 Å². The Hall–Kier alpha value is -0.940. The van der Waals surface area contributed by atoms with Crippen molar-refractivity contribution >= 4 is 0 Å². The van der Waals surface area contributed by atoms with E-state index in [0.29, 0.717) is 30.7 Å². The Labute approximate surface area is 95.3 Å². The summed E-state index contributed by atoms with van der Waals surface area (Å²) in [6.07, 6.45) is 4.07. The normalized spacial score (nSPS) is 17.6. The van der Waals surface area contributed by atoms with Crippen LogP contribution in [0.15, 0.2) is 4.52 Å². The average Bonchev–Trinajstić information content (AvgIpc) is 3.03. The molecule has 1 fully saturated rings. The minimum atomic E-state index is -0.0472. The van der Waals surface area contributed by atoms with Crippen LogP contribution in [0.3, 0.4) is 0 Å². The molecular formula is C11H19N3O2. The van der Waals surface area contributed by atoms with Crippen molar-refractivity contribution in [1.29, 1.82) is 0 Å². The van der Waals surface area contributed by atoms with Crippen molar-refractivity contribution in [2.24, 2.45) is 11.7 Å². The second-order valence-corrected chi connectivity index (χ2v) is 4.27. The third kappa shape index (κ3) is 3.02. The molecule has 1 aliphatic carbocycles. The first-order valence-corrected chi connectivity index (χ1v) is 5.97. The summed E-state index contributed by atoms with van der Waals surface area (Å²) in [5.74, 6) is 1.83. The van der Waals surface area contributed by atoms with Gasteiger partial charge in [0.15, 0.2) is 5.82 Å². The van der Waals surface area contributed by atoms with Gasteiger partial charge in [-0.3, -0.25) is 0 Å². The maximum absolute atomic E-state index is 5.97. The van der Waals surface area contributed by atoms with Crippen LogP contribution in [-0.4, -0.2) is 23.4 Å². The Bertz CT molecular complexity index is 323. The van der Waals surface area contributed by atoms with Crippen LogP contribution in [-0.2, 0) is 11.2 Å². The van der Waals surface area contributed by atoms with Crippen LogP contribution in [0.25, 0.3) is 0 Å². The molecule has 5 heteroatoms. The van der Waals surface area contributed by atoms with E-state index in [2.05, 4.69) is 17.1 Å². The van der Waals surface area contributed by atoms with E-state index in [9.17, 15) is 0 Å². The SMILES string of the molecule is CCCOCCc1nc(C(N)C2CC2)no1. The quantitative estimate of drug-likeness (QED) is 0.711. The van der Waals surface area contributed by atoms with Gasteiger partial charge in [0.2, 0.25) is 5.89 Å². The van der Waals surface area contributed by atoms with Crippen molar-refractivity contribution in [3.8, 4) is 0 Å². The topological polar surface area (TPSA) is 74.2 Å². The summed E-state index contributed by atoms with van der Waals surface area (Å²) in [4.78, 5) is 4.29. The Morgan fingerprint density at radius 1 is 1.50 bits per heavy atom. The first kappa shape index (κ1) is 11.5. The molecule has 0 amide bonds. The molecule has 0 radical (unpaired) electrons. The van der Waals surface area contributed by atoms with Crippen molar-refractivity contribution in [3.63, 3.8) is 0 Å². The average molecular weight is 225 g/mol. The molecule has 1 unspecified atom stereocenters. The van der Waals surface area contributed by atoms with Crippen LogP contribution < -0.4 is 5.73 Å².